The normalized spacial score (nSPS) is 12.5. The minimum absolute atomic E-state index is 1.09. The van der Waals surface area contributed by atoms with Gasteiger partial charge in [-0.15, -0.1) is 0 Å². The van der Waals surface area contributed by atoms with Gasteiger partial charge in [-0.2, -0.15) is 0 Å². The molecule has 0 aliphatic heterocycles. The number of unbranched alkanes of at least 4 members (excludes halogenated alkanes) is 3. The van der Waals surface area contributed by atoms with Crippen molar-refractivity contribution in [1.82, 2.24) is 0 Å². The van der Waals surface area contributed by atoms with Crippen molar-refractivity contribution in [3.05, 3.63) is 36.5 Å². The second-order valence-electron chi connectivity index (χ2n) is 3.13. The number of rotatable bonds is 7. The van der Waals surface area contributed by atoms with Crippen molar-refractivity contribution in [3.8, 4) is 0 Å². The van der Waals surface area contributed by atoms with Gasteiger partial charge in [0.15, 0.2) is 0 Å². The molecule has 0 aliphatic rings. The predicted molar refractivity (Wildman–Crippen MR) is 61.9 cm³/mol. The third-order valence-electron chi connectivity index (χ3n) is 1.90. The van der Waals surface area contributed by atoms with E-state index in [1.165, 1.54) is 25.7 Å². The molecule has 0 heteroatoms. The lowest BCUT2D eigenvalue weighted by atomic mass is 10.1. The Labute approximate surface area is 83.0 Å². The second-order valence-corrected chi connectivity index (χ2v) is 3.13. The summed E-state index contributed by atoms with van der Waals surface area (Å²) >= 11 is 0. The van der Waals surface area contributed by atoms with Crippen molar-refractivity contribution in [2.45, 2.75) is 46.0 Å². The Morgan fingerprint density at radius 3 is 1.92 bits per heavy atom. The van der Waals surface area contributed by atoms with Crippen LogP contribution in [0.3, 0.4) is 0 Å². The largest absolute Gasteiger partial charge is 0.0917 e. The van der Waals surface area contributed by atoms with Crippen molar-refractivity contribution in [2.75, 3.05) is 0 Å². The fourth-order valence-corrected chi connectivity index (χ4v) is 1.12. The Hall–Kier alpha value is -0.780. The number of allylic oxidation sites excluding steroid dienone is 6. The van der Waals surface area contributed by atoms with Crippen LogP contribution in [-0.4, -0.2) is 0 Å². The molecule has 13 heavy (non-hydrogen) atoms. The molecular weight excluding hydrogens is 156 g/mol. The Kier molecular flexibility index (Phi) is 10.5. The minimum atomic E-state index is 1.09. The molecule has 0 aromatic heterocycles. The van der Waals surface area contributed by atoms with Crippen LogP contribution in [0.1, 0.15) is 46.0 Å². The number of hydrogen-bond donors (Lipinski definition) is 0. The SMILES string of the molecule is CC=CCC=CCCCCC=CC. The highest BCUT2D eigenvalue weighted by atomic mass is 13.9. The van der Waals surface area contributed by atoms with Gasteiger partial charge in [-0.1, -0.05) is 36.5 Å². The van der Waals surface area contributed by atoms with Gasteiger partial charge >= 0.3 is 0 Å². The van der Waals surface area contributed by atoms with Crippen LogP contribution in [0, 0.1) is 0 Å². The quantitative estimate of drug-likeness (QED) is 0.393. The van der Waals surface area contributed by atoms with E-state index in [2.05, 4.69) is 50.3 Å². The lowest BCUT2D eigenvalue weighted by Gasteiger charge is -1.91. The summed E-state index contributed by atoms with van der Waals surface area (Å²) in [4.78, 5) is 0. The number of hydrogen-bond acceptors (Lipinski definition) is 0. The first-order valence-corrected chi connectivity index (χ1v) is 5.29. The second kappa shape index (κ2) is 11.2. The van der Waals surface area contributed by atoms with Crippen molar-refractivity contribution in [1.29, 1.82) is 0 Å². The highest BCUT2D eigenvalue weighted by Crippen LogP contribution is 2.02. The zero-order valence-electron chi connectivity index (χ0n) is 9.00. The van der Waals surface area contributed by atoms with Crippen LogP contribution in [0.2, 0.25) is 0 Å². The summed E-state index contributed by atoms with van der Waals surface area (Å²) in [5.74, 6) is 0. The molecule has 0 unspecified atom stereocenters. The van der Waals surface area contributed by atoms with Gasteiger partial charge in [0.2, 0.25) is 0 Å². The van der Waals surface area contributed by atoms with Crippen molar-refractivity contribution >= 4 is 0 Å². The van der Waals surface area contributed by atoms with Crippen molar-refractivity contribution in [2.24, 2.45) is 0 Å². The Bertz CT molecular complexity index is 161. The van der Waals surface area contributed by atoms with Crippen LogP contribution in [0.4, 0.5) is 0 Å². The van der Waals surface area contributed by atoms with Gasteiger partial charge in [0.1, 0.15) is 0 Å². The maximum absolute atomic E-state index is 2.29. The maximum Gasteiger partial charge on any atom is -0.0169 e. The van der Waals surface area contributed by atoms with Crippen LogP contribution in [0.15, 0.2) is 36.5 Å². The standard InChI is InChI=1S/C13H22/c1-3-5-7-9-11-13-12-10-8-6-4-2/h3-6,9,11H,7-8,10,12-13H2,1-2H3. The molecule has 0 atom stereocenters. The van der Waals surface area contributed by atoms with E-state index in [1.807, 2.05) is 0 Å². The molecule has 74 valence electrons. The van der Waals surface area contributed by atoms with Gasteiger partial charge in [0, 0.05) is 0 Å². The molecule has 0 amide bonds. The Morgan fingerprint density at radius 2 is 1.31 bits per heavy atom. The van der Waals surface area contributed by atoms with E-state index < -0.39 is 0 Å². The zero-order chi connectivity index (χ0) is 9.78. The molecule has 0 bridgehead atoms. The van der Waals surface area contributed by atoms with Crippen molar-refractivity contribution < 1.29 is 0 Å². The highest BCUT2D eigenvalue weighted by Gasteiger charge is 1.82. The third kappa shape index (κ3) is 11.2. The lowest BCUT2D eigenvalue weighted by Crippen LogP contribution is -1.71. The smallest absolute Gasteiger partial charge is 0.0169 e. The molecule has 0 nitrogen and oxygen atoms in total. The van der Waals surface area contributed by atoms with E-state index in [1.54, 1.807) is 0 Å². The summed E-state index contributed by atoms with van der Waals surface area (Å²) in [6.45, 7) is 4.14. The summed E-state index contributed by atoms with van der Waals surface area (Å²) in [6.07, 6.45) is 19.4. The summed E-state index contributed by atoms with van der Waals surface area (Å²) < 4.78 is 0. The predicted octanol–water partition coefficient (Wildman–Crippen LogP) is 4.65. The molecule has 0 N–H and O–H groups in total. The first-order chi connectivity index (χ1) is 6.41. The zero-order valence-corrected chi connectivity index (χ0v) is 9.00. The van der Waals surface area contributed by atoms with E-state index in [0.29, 0.717) is 0 Å². The van der Waals surface area contributed by atoms with Crippen LogP contribution in [0.5, 0.6) is 0 Å². The molecule has 0 radical (unpaired) electrons. The summed E-state index contributed by atoms with van der Waals surface area (Å²) in [6, 6.07) is 0. The maximum atomic E-state index is 2.29. The van der Waals surface area contributed by atoms with E-state index >= 15 is 0 Å². The van der Waals surface area contributed by atoms with Crippen LogP contribution in [0.25, 0.3) is 0 Å². The molecule has 0 heterocycles. The van der Waals surface area contributed by atoms with Crippen LogP contribution >= 0.6 is 0 Å². The van der Waals surface area contributed by atoms with Gasteiger partial charge in [-0.25, -0.2) is 0 Å². The lowest BCUT2D eigenvalue weighted by molar-refractivity contribution is 0.761. The van der Waals surface area contributed by atoms with Gasteiger partial charge in [0.05, 0.1) is 0 Å². The Morgan fingerprint density at radius 1 is 0.692 bits per heavy atom. The molecule has 0 aromatic carbocycles. The van der Waals surface area contributed by atoms with E-state index in [4.69, 9.17) is 0 Å². The van der Waals surface area contributed by atoms with Crippen LogP contribution < -0.4 is 0 Å². The minimum Gasteiger partial charge on any atom is -0.0917 e. The monoisotopic (exact) mass is 178 g/mol. The van der Waals surface area contributed by atoms with E-state index in [-0.39, 0.29) is 0 Å². The van der Waals surface area contributed by atoms with Gasteiger partial charge < -0.3 is 0 Å². The Balaban J connectivity index is 3.10. The molecule has 0 aliphatic carbocycles. The molecule has 0 saturated carbocycles. The van der Waals surface area contributed by atoms with E-state index in [9.17, 15) is 0 Å². The molecular formula is C13H22. The summed E-state index contributed by atoms with van der Waals surface area (Å²) in [7, 11) is 0. The average molecular weight is 178 g/mol. The van der Waals surface area contributed by atoms with E-state index in [0.717, 1.165) is 6.42 Å². The molecule has 0 fully saturated rings. The molecule has 0 rings (SSSR count). The van der Waals surface area contributed by atoms with Gasteiger partial charge in [0.25, 0.3) is 0 Å². The fraction of sp³-hybridized carbons (Fsp3) is 0.538. The fourth-order valence-electron chi connectivity index (χ4n) is 1.12. The highest BCUT2D eigenvalue weighted by molar-refractivity contribution is 4.91. The molecule has 0 aromatic rings. The first-order valence-electron chi connectivity index (χ1n) is 5.29. The summed E-state index contributed by atoms with van der Waals surface area (Å²) in [5.41, 5.74) is 0. The topological polar surface area (TPSA) is 0 Å². The first kappa shape index (κ1) is 12.2. The van der Waals surface area contributed by atoms with Gasteiger partial charge in [-0.05, 0) is 46.0 Å². The molecule has 0 saturated heterocycles. The molecule has 0 spiro atoms. The van der Waals surface area contributed by atoms with Crippen LogP contribution in [-0.2, 0) is 0 Å². The average Bonchev–Trinajstić information content (AvgIpc) is 2.16. The summed E-state index contributed by atoms with van der Waals surface area (Å²) in [5, 5.41) is 0. The van der Waals surface area contributed by atoms with Gasteiger partial charge in [-0.3, -0.25) is 0 Å². The van der Waals surface area contributed by atoms with Crippen molar-refractivity contribution in [3.63, 3.8) is 0 Å². The third-order valence-corrected chi connectivity index (χ3v) is 1.90.